The molecule has 14 heavy (non-hydrogen) atoms. The van der Waals surface area contributed by atoms with Gasteiger partial charge in [0, 0.05) is 5.92 Å². The predicted molar refractivity (Wildman–Crippen MR) is 57.7 cm³/mol. The summed E-state index contributed by atoms with van der Waals surface area (Å²) in [5.74, 6) is -0.196. The van der Waals surface area contributed by atoms with Gasteiger partial charge in [0.05, 0.1) is 0 Å². The van der Waals surface area contributed by atoms with E-state index >= 15 is 0 Å². The first kappa shape index (κ1) is 10.8. The highest BCUT2D eigenvalue weighted by atomic mass is 16.1. The van der Waals surface area contributed by atoms with Gasteiger partial charge in [-0.2, -0.15) is 0 Å². The predicted octanol–water partition coefficient (Wildman–Crippen LogP) is 2.13. The number of hydrogen-bond donors (Lipinski definition) is 1. The van der Waals surface area contributed by atoms with E-state index in [9.17, 15) is 4.79 Å². The quantitative estimate of drug-likeness (QED) is 0.761. The fourth-order valence-corrected chi connectivity index (χ4v) is 1.59. The molecular weight excluding hydrogens is 174 g/mol. The monoisotopic (exact) mass is 191 g/mol. The van der Waals surface area contributed by atoms with Crippen LogP contribution < -0.4 is 5.73 Å². The van der Waals surface area contributed by atoms with Crippen molar-refractivity contribution in [3.05, 3.63) is 35.9 Å². The van der Waals surface area contributed by atoms with Crippen LogP contribution >= 0.6 is 0 Å². The van der Waals surface area contributed by atoms with Crippen LogP contribution in [0.4, 0.5) is 0 Å². The Labute approximate surface area is 85.1 Å². The minimum atomic E-state index is -0.185. The molecule has 1 atom stereocenters. The Kier molecular flexibility index (Phi) is 4.17. The van der Waals surface area contributed by atoms with Crippen LogP contribution in [0.25, 0.3) is 0 Å². The Morgan fingerprint density at radius 2 is 2.00 bits per heavy atom. The maximum absolute atomic E-state index is 11.1. The molecule has 1 aromatic carbocycles. The zero-order valence-electron chi connectivity index (χ0n) is 8.57. The molecule has 2 N–H and O–H groups in total. The van der Waals surface area contributed by atoms with E-state index in [-0.39, 0.29) is 11.8 Å². The second-order valence-electron chi connectivity index (χ2n) is 3.58. The number of benzene rings is 1. The summed E-state index contributed by atoms with van der Waals surface area (Å²) in [6.07, 6.45) is 2.65. The summed E-state index contributed by atoms with van der Waals surface area (Å²) in [5.41, 5.74) is 6.52. The molecule has 0 aromatic heterocycles. The molecule has 1 rings (SSSR count). The third-order valence-electron chi connectivity index (χ3n) is 2.36. The number of hydrogen-bond acceptors (Lipinski definition) is 1. The molecule has 0 spiro atoms. The third-order valence-corrected chi connectivity index (χ3v) is 2.36. The first-order valence-corrected chi connectivity index (χ1v) is 5.07. The van der Waals surface area contributed by atoms with E-state index in [0.717, 1.165) is 19.3 Å². The van der Waals surface area contributed by atoms with Gasteiger partial charge in [0.15, 0.2) is 0 Å². The molecule has 0 aliphatic heterocycles. The second kappa shape index (κ2) is 5.43. The molecule has 0 saturated carbocycles. The molecule has 0 saturated heterocycles. The Hall–Kier alpha value is -1.31. The maximum atomic E-state index is 11.1. The van der Waals surface area contributed by atoms with Crippen molar-refractivity contribution in [2.75, 3.05) is 0 Å². The molecule has 0 heterocycles. The maximum Gasteiger partial charge on any atom is 0.220 e. The first-order chi connectivity index (χ1) is 6.74. The van der Waals surface area contributed by atoms with Crippen molar-refractivity contribution in [3.63, 3.8) is 0 Å². The van der Waals surface area contributed by atoms with Crippen molar-refractivity contribution < 1.29 is 4.79 Å². The average molecular weight is 191 g/mol. The smallest absolute Gasteiger partial charge is 0.220 e. The zero-order chi connectivity index (χ0) is 10.4. The van der Waals surface area contributed by atoms with Gasteiger partial charge >= 0.3 is 0 Å². The number of carbonyl (C=O) groups excluding carboxylic acids is 1. The highest BCUT2D eigenvalue weighted by Crippen LogP contribution is 2.13. The lowest BCUT2D eigenvalue weighted by Gasteiger charge is -2.11. The van der Waals surface area contributed by atoms with E-state index in [2.05, 4.69) is 6.92 Å². The van der Waals surface area contributed by atoms with Crippen LogP contribution in [0.3, 0.4) is 0 Å². The Morgan fingerprint density at radius 3 is 2.50 bits per heavy atom. The summed E-state index contributed by atoms with van der Waals surface area (Å²) in [6, 6.07) is 10.0. The van der Waals surface area contributed by atoms with Crippen molar-refractivity contribution in [2.24, 2.45) is 11.7 Å². The summed E-state index contributed by atoms with van der Waals surface area (Å²) in [4.78, 5) is 11.1. The zero-order valence-corrected chi connectivity index (χ0v) is 8.57. The minimum absolute atomic E-state index is 0.0117. The first-order valence-electron chi connectivity index (χ1n) is 5.07. The van der Waals surface area contributed by atoms with Crippen LogP contribution in [0.5, 0.6) is 0 Å². The molecule has 1 aromatic rings. The van der Waals surface area contributed by atoms with Crippen LogP contribution in [0.1, 0.15) is 25.3 Å². The summed E-state index contributed by atoms with van der Waals surface area (Å²) in [6.45, 7) is 2.07. The standard InChI is InChI=1S/C12H17NO/c1-2-6-11(12(13)14)9-10-7-4-3-5-8-10/h3-5,7-8,11H,2,6,9H2,1H3,(H2,13,14)/t11-/m0/s1. The van der Waals surface area contributed by atoms with E-state index in [4.69, 9.17) is 5.73 Å². The molecular formula is C12H17NO. The van der Waals surface area contributed by atoms with Crippen molar-refractivity contribution in [1.82, 2.24) is 0 Å². The van der Waals surface area contributed by atoms with Crippen LogP contribution in [0.2, 0.25) is 0 Å². The second-order valence-corrected chi connectivity index (χ2v) is 3.58. The van der Waals surface area contributed by atoms with Gasteiger partial charge in [0.25, 0.3) is 0 Å². The molecule has 0 unspecified atom stereocenters. The largest absolute Gasteiger partial charge is 0.369 e. The van der Waals surface area contributed by atoms with E-state index in [0.29, 0.717) is 0 Å². The topological polar surface area (TPSA) is 43.1 Å². The van der Waals surface area contributed by atoms with Crippen LogP contribution in [-0.2, 0) is 11.2 Å². The molecule has 0 bridgehead atoms. The lowest BCUT2D eigenvalue weighted by Crippen LogP contribution is -2.24. The number of nitrogens with two attached hydrogens (primary N) is 1. The van der Waals surface area contributed by atoms with Crippen molar-refractivity contribution in [1.29, 1.82) is 0 Å². The SMILES string of the molecule is CCC[C@@H](Cc1ccccc1)C(N)=O. The number of amides is 1. The van der Waals surface area contributed by atoms with Crippen molar-refractivity contribution in [3.8, 4) is 0 Å². The van der Waals surface area contributed by atoms with Gasteiger partial charge in [-0.25, -0.2) is 0 Å². The number of rotatable bonds is 5. The van der Waals surface area contributed by atoms with Gasteiger partial charge in [0.2, 0.25) is 5.91 Å². The molecule has 0 aliphatic carbocycles. The third kappa shape index (κ3) is 3.21. The molecule has 0 radical (unpaired) electrons. The summed E-state index contributed by atoms with van der Waals surface area (Å²) in [5, 5.41) is 0. The van der Waals surface area contributed by atoms with Gasteiger partial charge in [-0.05, 0) is 18.4 Å². The number of carbonyl (C=O) groups is 1. The molecule has 2 nitrogen and oxygen atoms in total. The van der Waals surface area contributed by atoms with E-state index in [1.807, 2.05) is 30.3 Å². The van der Waals surface area contributed by atoms with Crippen molar-refractivity contribution >= 4 is 5.91 Å². The Balaban J connectivity index is 2.60. The van der Waals surface area contributed by atoms with Crippen LogP contribution in [0, 0.1) is 5.92 Å². The van der Waals surface area contributed by atoms with Crippen molar-refractivity contribution in [2.45, 2.75) is 26.2 Å². The highest BCUT2D eigenvalue weighted by molar-refractivity contribution is 5.76. The molecule has 0 aliphatic rings. The van der Waals surface area contributed by atoms with E-state index < -0.39 is 0 Å². The van der Waals surface area contributed by atoms with Gasteiger partial charge in [-0.15, -0.1) is 0 Å². The highest BCUT2D eigenvalue weighted by Gasteiger charge is 2.14. The Morgan fingerprint density at radius 1 is 1.36 bits per heavy atom. The lowest BCUT2D eigenvalue weighted by atomic mass is 9.94. The van der Waals surface area contributed by atoms with Gasteiger partial charge in [-0.1, -0.05) is 43.7 Å². The molecule has 76 valence electrons. The van der Waals surface area contributed by atoms with Crippen LogP contribution in [0.15, 0.2) is 30.3 Å². The fourth-order valence-electron chi connectivity index (χ4n) is 1.59. The average Bonchev–Trinajstić information content (AvgIpc) is 2.18. The molecule has 1 amide bonds. The lowest BCUT2D eigenvalue weighted by molar-refractivity contribution is -0.122. The van der Waals surface area contributed by atoms with Gasteiger partial charge in [-0.3, -0.25) is 4.79 Å². The summed E-state index contributed by atoms with van der Waals surface area (Å²) < 4.78 is 0. The minimum Gasteiger partial charge on any atom is -0.369 e. The van der Waals surface area contributed by atoms with Gasteiger partial charge < -0.3 is 5.73 Å². The summed E-state index contributed by atoms with van der Waals surface area (Å²) >= 11 is 0. The summed E-state index contributed by atoms with van der Waals surface area (Å²) in [7, 11) is 0. The van der Waals surface area contributed by atoms with Crippen LogP contribution in [-0.4, -0.2) is 5.91 Å². The number of primary amides is 1. The van der Waals surface area contributed by atoms with Gasteiger partial charge in [0.1, 0.15) is 0 Å². The molecule has 0 fully saturated rings. The van der Waals surface area contributed by atoms with E-state index in [1.54, 1.807) is 0 Å². The normalized spacial score (nSPS) is 12.4. The molecule has 2 heteroatoms. The van der Waals surface area contributed by atoms with E-state index in [1.165, 1.54) is 5.56 Å². The Bertz CT molecular complexity index is 282. The fraction of sp³-hybridized carbons (Fsp3) is 0.417.